The first-order chi connectivity index (χ1) is 14.7. The van der Waals surface area contributed by atoms with Gasteiger partial charge in [-0.15, -0.1) is 8.58 Å². The summed E-state index contributed by atoms with van der Waals surface area (Å²) in [5, 5.41) is 0. The first kappa shape index (κ1) is 26.7. The Hall–Kier alpha value is -1.53. The molecule has 2 atom stereocenters. The average molecular weight is 457 g/mol. The van der Waals surface area contributed by atoms with E-state index in [9.17, 15) is 0 Å². The smallest absolute Gasteiger partial charge is 0.124 e. The SMILES string of the molecule is COc1cc(C(C)(C)C)c(OCc2ccc(C(CC(C)(C)C)PC)cc2)cc1C(C)(C)C. The molecule has 0 bridgehead atoms. The average Bonchev–Trinajstić information content (AvgIpc) is 2.68. The summed E-state index contributed by atoms with van der Waals surface area (Å²) < 4.78 is 12.2. The number of hydrogen-bond donors (Lipinski definition) is 0. The van der Waals surface area contributed by atoms with Gasteiger partial charge in [0, 0.05) is 16.8 Å². The molecule has 3 heteroatoms. The van der Waals surface area contributed by atoms with Crippen molar-refractivity contribution in [1.29, 1.82) is 0 Å². The van der Waals surface area contributed by atoms with Crippen molar-refractivity contribution in [3.63, 3.8) is 0 Å². The molecular weight excluding hydrogens is 411 g/mol. The molecule has 0 aliphatic rings. The van der Waals surface area contributed by atoms with Crippen LogP contribution in [0.2, 0.25) is 0 Å². The highest BCUT2D eigenvalue weighted by molar-refractivity contribution is 7.37. The van der Waals surface area contributed by atoms with Crippen LogP contribution in [0.5, 0.6) is 11.5 Å². The molecule has 2 rings (SSSR count). The maximum atomic E-state index is 6.44. The Kier molecular flexibility index (Phi) is 8.49. The van der Waals surface area contributed by atoms with Gasteiger partial charge in [0.1, 0.15) is 18.1 Å². The van der Waals surface area contributed by atoms with E-state index in [0.29, 0.717) is 17.7 Å². The summed E-state index contributed by atoms with van der Waals surface area (Å²) >= 11 is 0. The molecule has 0 amide bonds. The van der Waals surface area contributed by atoms with Crippen LogP contribution in [0.15, 0.2) is 36.4 Å². The van der Waals surface area contributed by atoms with Crippen LogP contribution in [0.1, 0.15) is 96.6 Å². The van der Waals surface area contributed by atoms with Crippen molar-refractivity contribution in [3.05, 3.63) is 58.7 Å². The third-order valence-electron chi connectivity index (χ3n) is 5.86. The second-order valence-electron chi connectivity index (χ2n) is 12.2. The fourth-order valence-electron chi connectivity index (χ4n) is 4.03. The van der Waals surface area contributed by atoms with Gasteiger partial charge in [-0.05, 0) is 52.6 Å². The van der Waals surface area contributed by atoms with Gasteiger partial charge >= 0.3 is 0 Å². The number of rotatable bonds is 7. The molecule has 2 nitrogen and oxygen atoms in total. The maximum absolute atomic E-state index is 6.44. The van der Waals surface area contributed by atoms with E-state index in [1.165, 1.54) is 28.7 Å². The summed E-state index contributed by atoms with van der Waals surface area (Å²) in [6.07, 6.45) is 1.22. The quantitative estimate of drug-likeness (QED) is 0.388. The summed E-state index contributed by atoms with van der Waals surface area (Å²) in [4.78, 5) is 0. The highest BCUT2D eigenvalue weighted by Crippen LogP contribution is 2.42. The van der Waals surface area contributed by atoms with Crippen molar-refractivity contribution >= 4 is 8.58 Å². The van der Waals surface area contributed by atoms with E-state index in [1.807, 2.05) is 0 Å². The predicted octanol–water partition coefficient (Wildman–Crippen LogP) is 8.65. The van der Waals surface area contributed by atoms with E-state index in [1.54, 1.807) is 7.11 Å². The van der Waals surface area contributed by atoms with Crippen molar-refractivity contribution in [2.24, 2.45) is 5.41 Å². The largest absolute Gasteiger partial charge is 0.496 e. The molecule has 0 saturated carbocycles. The van der Waals surface area contributed by atoms with Crippen molar-refractivity contribution < 1.29 is 9.47 Å². The molecule has 0 aliphatic heterocycles. The van der Waals surface area contributed by atoms with Gasteiger partial charge in [0.15, 0.2) is 0 Å². The third-order valence-corrected chi connectivity index (χ3v) is 7.09. The van der Waals surface area contributed by atoms with E-state index in [0.717, 1.165) is 20.1 Å². The zero-order valence-corrected chi connectivity index (χ0v) is 23.3. The highest BCUT2D eigenvalue weighted by atomic mass is 31.1. The fourth-order valence-corrected chi connectivity index (χ4v) is 5.37. The Morgan fingerprint density at radius 3 is 1.72 bits per heavy atom. The molecule has 0 heterocycles. The molecular formula is C29H45O2P. The lowest BCUT2D eigenvalue weighted by atomic mass is 9.81. The molecule has 0 spiro atoms. The van der Waals surface area contributed by atoms with Gasteiger partial charge in [0.25, 0.3) is 0 Å². The van der Waals surface area contributed by atoms with E-state index >= 15 is 0 Å². The minimum Gasteiger partial charge on any atom is -0.496 e. The van der Waals surface area contributed by atoms with Crippen LogP contribution in [0.25, 0.3) is 0 Å². The maximum Gasteiger partial charge on any atom is 0.124 e. The third kappa shape index (κ3) is 7.24. The normalized spacial score (nSPS) is 14.1. The second kappa shape index (κ2) is 10.2. The second-order valence-corrected chi connectivity index (χ2v) is 13.5. The van der Waals surface area contributed by atoms with Gasteiger partial charge in [-0.1, -0.05) is 86.6 Å². The van der Waals surface area contributed by atoms with Crippen molar-refractivity contribution in [2.75, 3.05) is 13.8 Å². The number of ether oxygens (including phenoxy) is 2. The summed E-state index contributed by atoms with van der Waals surface area (Å²) in [7, 11) is 2.67. The first-order valence-electron chi connectivity index (χ1n) is 11.8. The Balaban J connectivity index is 2.29. The van der Waals surface area contributed by atoms with Crippen LogP contribution in [-0.2, 0) is 17.4 Å². The molecule has 178 valence electrons. The molecule has 2 unspecified atom stereocenters. The highest BCUT2D eigenvalue weighted by Gasteiger charge is 2.26. The number of hydrogen-bond acceptors (Lipinski definition) is 2. The Morgan fingerprint density at radius 1 is 0.781 bits per heavy atom. The van der Waals surface area contributed by atoms with Crippen LogP contribution >= 0.6 is 8.58 Å². The summed E-state index contributed by atoms with van der Waals surface area (Å²) in [5.74, 6) is 1.89. The monoisotopic (exact) mass is 456 g/mol. The number of methoxy groups -OCH3 is 1. The van der Waals surface area contributed by atoms with Crippen molar-refractivity contribution in [1.82, 2.24) is 0 Å². The van der Waals surface area contributed by atoms with E-state index in [2.05, 4.69) is 105 Å². The minimum absolute atomic E-state index is 0.0233. The molecule has 2 aromatic rings. The van der Waals surface area contributed by atoms with Gasteiger partial charge in [0.2, 0.25) is 0 Å². The first-order valence-corrected chi connectivity index (χ1v) is 13.4. The summed E-state index contributed by atoms with van der Waals surface area (Å²) in [5.41, 5.74) is 5.92. The fraction of sp³-hybridized carbons (Fsp3) is 0.586. The van der Waals surface area contributed by atoms with Crippen LogP contribution in [0.3, 0.4) is 0 Å². The lowest BCUT2D eigenvalue weighted by molar-refractivity contribution is 0.294. The lowest BCUT2D eigenvalue weighted by Crippen LogP contribution is -2.18. The van der Waals surface area contributed by atoms with Crippen molar-refractivity contribution in [3.8, 4) is 11.5 Å². The number of benzene rings is 2. The molecule has 0 fully saturated rings. The van der Waals surface area contributed by atoms with Crippen LogP contribution in [-0.4, -0.2) is 13.8 Å². The Bertz CT molecular complexity index is 878. The molecule has 0 aliphatic carbocycles. The molecule has 0 N–H and O–H groups in total. The van der Waals surface area contributed by atoms with E-state index in [4.69, 9.17) is 9.47 Å². The Morgan fingerprint density at radius 2 is 1.28 bits per heavy atom. The van der Waals surface area contributed by atoms with Crippen molar-refractivity contribution in [2.45, 2.75) is 91.8 Å². The topological polar surface area (TPSA) is 18.5 Å². The van der Waals surface area contributed by atoms with Crippen LogP contribution in [0.4, 0.5) is 0 Å². The van der Waals surface area contributed by atoms with Gasteiger partial charge in [-0.25, -0.2) is 0 Å². The van der Waals surface area contributed by atoms with Gasteiger partial charge in [-0.2, -0.15) is 0 Å². The molecule has 0 radical (unpaired) electrons. The molecule has 0 aromatic heterocycles. The van der Waals surface area contributed by atoms with Gasteiger partial charge in [0.05, 0.1) is 7.11 Å². The standard InChI is InChI=1S/C29H45O2P/c1-27(2,3)18-26(32-11)21-14-12-20(13-15-21)19-31-25-17-22(28(4,5)6)24(30-10)16-23(25)29(7,8)9/h12-17,26,32H,18-19H2,1-11H3. The van der Waals surface area contributed by atoms with E-state index < -0.39 is 0 Å². The lowest BCUT2D eigenvalue weighted by Gasteiger charge is -2.28. The zero-order chi connectivity index (χ0) is 24.3. The van der Waals surface area contributed by atoms with Crippen LogP contribution in [0, 0.1) is 5.41 Å². The van der Waals surface area contributed by atoms with Gasteiger partial charge < -0.3 is 9.47 Å². The Labute approximate surface area is 199 Å². The zero-order valence-electron chi connectivity index (χ0n) is 22.3. The van der Waals surface area contributed by atoms with Crippen LogP contribution < -0.4 is 9.47 Å². The predicted molar refractivity (Wildman–Crippen MR) is 142 cm³/mol. The minimum atomic E-state index is -0.0366. The molecule has 2 aromatic carbocycles. The molecule has 32 heavy (non-hydrogen) atoms. The van der Waals surface area contributed by atoms with Gasteiger partial charge in [-0.3, -0.25) is 0 Å². The summed E-state index contributed by atoms with van der Waals surface area (Å²) in [6.45, 7) is 23.2. The van der Waals surface area contributed by atoms with E-state index in [-0.39, 0.29) is 10.8 Å². The summed E-state index contributed by atoms with van der Waals surface area (Å²) in [6, 6.07) is 13.4. The molecule has 0 saturated heterocycles.